The average molecular weight is 313 g/mol. The largest absolute Gasteiger partial charge is 0.355 e. The van der Waals surface area contributed by atoms with Crippen LogP contribution >= 0.6 is 15.9 Å². The minimum Gasteiger partial charge on any atom is -0.355 e. The quantitative estimate of drug-likeness (QED) is 0.927. The van der Waals surface area contributed by atoms with Gasteiger partial charge in [0.2, 0.25) is 5.95 Å². The third-order valence-electron chi connectivity index (χ3n) is 3.55. The molecule has 1 aromatic rings. The molecule has 2 heterocycles. The molecule has 4 nitrogen and oxygen atoms in total. The Bertz CT molecular complexity index is 400. The highest BCUT2D eigenvalue weighted by molar-refractivity contribution is 9.10. The predicted octanol–water partition coefficient (Wildman–Crippen LogP) is 3.15. The normalized spacial score (nSPS) is 23.4. The van der Waals surface area contributed by atoms with Crippen LogP contribution in [0.15, 0.2) is 10.7 Å². The van der Waals surface area contributed by atoms with Crippen molar-refractivity contribution in [2.24, 2.45) is 11.8 Å². The molecule has 100 valence electrons. The zero-order chi connectivity index (χ0) is 13.1. The topological polar surface area (TPSA) is 41.1 Å². The summed E-state index contributed by atoms with van der Waals surface area (Å²) in [5.74, 6) is 3.18. The predicted molar refractivity (Wildman–Crippen MR) is 79.1 cm³/mol. The summed E-state index contributed by atoms with van der Waals surface area (Å²) in [6.07, 6.45) is 2.92. The van der Waals surface area contributed by atoms with Gasteiger partial charge in [0.05, 0.1) is 4.47 Å². The van der Waals surface area contributed by atoms with E-state index in [0.29, 0.717) is 0 Å². The first kappa shape index (κ1) is 13.6. The summed E-state index contributed by atoms with van der Waals surface area (Å²) in [5.41, 5.74) is 0. The number of halogens is 1. The number of nitrogens with zero attached hydrogens (tertiary/aromatic N) is 3. The molecule has 1 fully saturated rings. The SMILES string of the molecule is CCCNc1ncc(Br)c(N2CC(C)C(C)C2)n1. The molecule has 1 saturated heterocycles. The maximum atomic E-state index is 4.62. The van der Waals surface area contributed by atoms with Crippen molar-refractivity contribution in [1.82, 2.24) is 9.97 Å². The molecule has 0 saturated carbocycles. The molecular formula is C13H21BrN4. The Balaban J connectivity index is 2.16. The lowest BCUT2D eigenvalue weighted by molar-refractivity contribution is 0.494. The van der Waals surface area contributed by atoms with Gasteiger partial charge in [-0.25, -0.2) is 4.98 Å². The van der Waals surface area contributed by atoms with E-state index >= 15 is 0 Å². The molecular weight excluding hydrogens is 292 g/mol. The van der Waals surface area contributed by atoms with E-state index in [-0.39, 0.29) is 0 Å². The third-order valence-corrected chi connectivity index (χ3v) is 4.11. The lowest BCUT2D eigenvalue weighted by Crippen LogP contribution is -2.22. The van der Waals surface area contributed by atoms with E-state index in [2.05, 4.69) is 56.9 Å². The fourth-order valence-corrected chi connectivity index (χ4v) is 2.65. The second kappa shape index (κ2) is 5.87. The zero-order valence-corrected chi connectivity index (χ0v) is 12.9. The van der Waals surface area contributed by atoms with Gasteiger partial charge < -0.3 is 10.2 Å². The molecule has 1 aliphatic heterocycles. The molecule has 0 spiro atoms. The van der Waals surface area contributed by atoms with Crippen LogP contribution in [0.25, 0.3) is 0 Å². The van der Waals surface area contributed by atoms with Crippen LogP contribution in [0, 0.1) is 11.8 Å². The highest BCUT2D eigenvalue weighted by Gasteiger charge is 2.28. The Kier molecular flexibility index (Phi) is 4.43. The van der Waals surface area contributed by atoms with Crippen LogP contribution in [0.1, 0.15) is 27.2 Å². The Morgan fingerprint density at radius 1 is 1.39 bits per heavy atom. The molecule has 1 aliphatic rings. The highest BCUT2D eigenvalue weighted by Crippen LogP contribution is 2.31. The maximum Gasteiger partial charge on any atom is 0.224 e. The van der Waals surface area contributed by atoms with Crippen molar-refractivity contribution in [2.45, 2.75) is 27.2 Å². The summed E-state index contributed by atoms with van der Waals surface area (Å²) in [6, 6.07) is 0. The molecule has 1 N–H and O–H groups in total. The number of anilines is 2. The van der Waals surface area contributed by atoms with Crippen LogP contribution in [-0.2, 0) is 0 Å². The second-order valence-corrected chi connectivity index (χ2v) is 6.01. The zero-order valence-electron chi connectivity index (χ0n) is 11.3. The van der Waals surface area contributed by atoms with Gasteiger partial charge >= 0.3 is 0 Å². The average Bonchev–Trinajstić information content (AvgIpc) is 2.68. The molecule has 2 atom stereocenters. The van der Waals surface area contributed by atoms with E-state index in [9.17, 15) is 0 Å². The van der Waals surface area contributed by atoms with Crippen molar-refractivity contribution in [3.8, 4) is 0 Å². The molecule has 0 radical (unpaired) electrons. The summed E-state index contributed by atoms with van der Waals surface area (Å²) in [4.78, 5) is 11.3. The molecule has 0 amide bonds. The lowest BCUT2D eigenvalue weighted by atomic mass is 10.0. The van der Waals surface area contributed by atoms with Crippen molar-refractivity contribution < 1.29 is 0 Å². The monoisotopic (exact) mass is 312 g/mol. The fraction of sp³-hybridized carbons (Fsp3) is 0.692. The van der Waals surface area contributed by atoms with Gasteiger partial charge in [0.25, 0.3) is 0 Å². The standard InChI is InChI=1S/C13H21BrN4/c1-4-5-15-13-16-6-11(14)12(17-13)18-7-9(2)10(3)8-18/h6,9-10H,4-5,7-8H2,1-3H3,(H,15,16,17). The van der Waals surface area contributed by atoms with Crippen LogP contribution in [0.3, 0.4) is 0 Å². The first-order valence-corrected chi connectivity index (χ1v) is 7.42. The van der Waals surface area contributed by atoms with Gasteiger partial charge in [-0.3, -0.25) is 0 Å². The van der Waals surface area contributed by atoms with Gasteiger partial charge in [-0.15, -0.1) is 0 Å². The summed E-state index contributed by atoms with van der Waals surface area (Å²) in [6.45, 7) is 9.80. The molecule has 2 rings (SSSR count). The summed E-state index contributed by atoms with van der Waals surface area (Å²) < 4.78 is 0.978. The van der Waals surface area contributed by atoms with E-state index in [1.165, 1.54) is 0 Å². The first-order chi connectivity index (χ1) is 8.61. The molecule has 5 heteroatoms. The van der Waals surface area contributed by atoms with E-state index in [0.717, 1.165) is 54.1 Å². The van der Waals surface area contributed by atoms with Crippen molar-refractivity contribution in [3.63, 3.8) is 0 Å². The van der Waals surface area contributed by atoms with Crippen molar-refractivity contribution >= 4 is 27.7 Å². The molecule has 2 unspecified atom stereocenters. The minimum absolute atomic E-state index is 0.721. The number of aromatic nitrogens is 2. The number of hydrogen-bond donors (Lipinski definition) is 1. The van der Waals surface area contributed by atoms with Gasteiger partial charge in [-0.05, 0) is 34.2 Å². The number of hydrogen-bond acceptors (Lipinski definition) is 4. The first-order valence-electron chi connectivity index (χ1n) is 6.63. The lowest BCUT2D eigenvalue weighted by Gasteiger charge is -2.19. The molecule has 0 bridgehead atoms. The number of rotatable bonds is 4. The van der Waals surface area contributed by atoms with Crippen molar-refractivity contribution in [2.75, 3.05) is 29.9 Å². The van der Waals surface area contributed by atoms with Gasteiger partial charge in [0.15, 0.2) is 0 Å². The molecule has 0 aromatic carbocycles. The van der Waals surface area contributed by atoms with E-state index < -0.39 is 0 Å². The van der Waals surface area contributed by atoms with Crippen LogP contribution in [0.4, 0.5) is 11.8 Å². The Morgan fingerprint density at radius 3 is 2.67 bits per heavy atom. The maximum absolute atomic E-state index is 4.62. The smallest absolute Gasteiger partial charge is 0.224 e. The van der Waals surface area contributed by atoms with Gasteiger partial charge in [0.1, 0.15) is 5.82 Å². The Morgan fingerprint density at radius 2 is 2.06 bits per heavy atom. The highest BCUT2D eigenvalue weighted by atomic mass is 79.9. The van der Waals surface area contributed by atoms with E-state index in [1.807, 2.05) is 6.20 Å². The summed E-state index contributed by atoms with van der Waals surface area (Å²) in [7, 11) is 0. The van der Waals surface area contributed by atoms with Crippen LogP contribution in [0.5, 0.6) is 0 Å². The van der Waals surface area contributed by atoms with Crippen LogP contribution < -0.4 is 10.2 Å². The van der Waals surface area contributed by atoms with Crippen LogP contribution in [-0.4, -0.2) is 29.6 Å². The minimum atomic E-state index is 0.721. The van der Waals surface area contributed by atoms with E-state index in [1.54, 1.807) is 0 Å². The van der Waals surface area contributed by atoms with Crippen molar-refractivity contribution in [1.29, 1.82) is 0 Å². The molecule has 18 heavy (non-hydrogen) atoms. The van der Waals surface area contributed by atoms with Gasteiger partial charge in [-0.1, -0.05) is 20.8 Å². The van der Waals surface area contributed by atoms with Gasteiger partial charge in [-0.2, -0.15) is 4.98 Å². The van der Waals surface area contributed by atoms with Crippen molar-refractivity contribution in [3.05, 3.63) is 10.7 Å². The van der Waals surface area contributed by atoms with Crippen LogP contribution in [0.2, 0.25) is 0 Å². The Labute approximate surface area is 117 Å². The fourth-order valence-electron chi connectivity index (χ4n) is 2.20. The molecule has 1 aromatic heterocycles. The van der Waals surface area contributed by atoms with E-state index in [4.69, 9.17) is 0 Å². The number of nitrogens with one attached hydrogen (secondary N) is 1. The Hall–Kier alpha value is -0.840. The second-order valence-electron chi connectivity index (χ2n) is 5.15. The third kappa shape index (κ3) is 2.94. The summed E-state index contributed by atoms with van der Waals surface area (Å²) >= 11 is 3.55. The summed E-state index contributed by atoms with van der Waals surface area (Å²) in [5, 5.41) is 3.24. The van der Waals surface area contributed by atoms with Gasteiger partial charge in [0, 0.05) is 25.8 Å². The molecule has 0 aliphatic carbocycles.